The van der Waals surface area contributed by atoms with Crippen molar-refractivity contribution in [3.8, 4) is 22.8 Å². The van der Waals surface area contributed by atoms with Gasteiger partial charge in [-0.1, -0.05) is 6.07 Å². The summed E-state index contributed by atoms with van der Waals surface area (Å²) in [4.78, 5) is 17.2. The number of carbonyl (C=O) groups excluding carboxylic acids is 1. The van der Waals surface area contributed by atoms with Crippen LogP contribution in [0.5, 0.6) is 11.5 Å². The predicted octanol–water partition coefficient (Wildman–Crippen LogP) is 5.70. The van der Waals surface area contributed by atoms with Crippen molar-refractivity contribution in [3.05, 3.63) is 84.2 Å². The first-order valence-corrected chi connectivity index (χ1v) is 9.86. The van der Waals surface area contributed by atoms with Gasteiger partial charge in [0.05, 0.1) is 24.9 Å². The summed E-state index contributed by atoms with van der Waals surface area (Å²) in [5.74, 6) is 0.591. The summed E-state index contributed by atoms with van der Waals surface area (Å²) in [6.07, 6.45) is 0. The zero-order valence-electron chi connectivity index (χ0n) is 17.2. The van der Waals surface area contributed by atoms with E-state index in [4.69, 9.17) is 14.5 Å². The van der Waals surface area contributed by atoms with Gasteiger partial charge in [-0.05, 0) is 67.6 Å². The van der Waals surface area contributed by atoms with Gasteiger partial charge >= 0.3 is 0 Å². The summed E-state index contributed by atoms with van der Waals surface area (Å²) < 4.78 is 24.5. The molecule has 0 aliphatic heterocycles. The van der Waals surface area contributed by atoms with Crippen LogP contribution in [0.15, 0.2) is 72.8 Å². The molecule has 31 heavy (non-hydrogen) atoms. The molecule has 0 saturated carbocycles. The molecule has 3 aromatic carbocycles. The van der Waals surface area contributed by atoms with E-state index in [0.717, 1.165) is 27.9 Å². The summed E-state index contributed by atoms with van der Waals surface area (Å²) in [5.41, 5.74) is 3.27. The van der Waals surface area contributed by atoms with Crippen LogP contribution in [0, 0.1) is 5.82 Å². The van der Waals surface area contributed by atoms with Crippen molar-refractivity contribution in [1.29, 1.82) is 0 Å². The van der Waals surface area contributed by atoms with Crippen molar-refractivity contribution in [1.82, 2.24) is 4.98 Å². The number of benzene rings is 3. The SMILES string of the molecule is CCOc1cc(-c2ccc(OC)cc2)nc2ccc(NC(=O)c3cccc(F)c3)cc12. The van der Waals surface area contributed by atoms with Gasteiger partial charge in [0, 0.05) is 28.3 Å². The molecular weight excluding hydrogens is 395 g/mol. The highest BCUT2D eigenvalue weighted by atomic mass is 19.1. The number of halogens is 1. The number of nitrogens with zero attached hydrogens (tertiary/aromatic N) is 1. The van der Waals surface area contributed by atoms with E-state index in [1.54, 1.807) is 19.2 Å². The molecule has 0 atom stereocenters. The minimum absolute atomic E-state index is 0.248. The van der Waals surface area contributed by atoms with Gasteiger partial charge in [-0.25, -0.2) is 9.37 Å². The van der Waals surface area contributed by atoms with E-state index in [-0.39, 0.29) is 11.5 Å². The first-order chi connectivity index (χ1) is 15.1. The van der Waals surface area contributed by atoms with Crippen LogP contribution in [0.4, 0.5) is 10.1 Å². The van der Waals surface area contributed by atoms with Crippen molar-refractivity contribution >= 4 is 22.5 Å². The monoisotopic (exact) mass is 416 g/mol. The van der Waals surface area contributed by atoms with E-state index in [1.807, 2.05) is 49.4 Å². The number of nitrogens with one attached hydrogen (secondary N) is 1. The number of amides is 1. The Kier molecular flexibility index (Phi) is 5.80. The number of fused-ring (bicyclic) bond motifs is 1. The highest BCUT2D eigenvalue weighted by Crippen LogP contribution is 2.32. The third-order valence-corrected chi connectivity index (χ3v) is 4.80. The first kappa shape index (κ1) is 20.3. The molecule has 1 amide bonds. The lowest BCUT2D eigenvalue weighted by Gasteiger charge is -2.13. The van der Waals surface area contributed by atoms with Crippen molar-refractivity contribution < 1.29 is 18.7 Å². The minimum atomic E-state index is -0.458. The van der Waals surface area contributed by atoms with Gasteiger partial charge in [0.1, 0.15) is 17.3 Å². The van der Waals surface area contributed by atoms with E-state index in [9.17, 15) is 9.18 Å². The summed E-state index contributed by atoms with van der Waals surface area (Å²) in [6, 6.07) is 20.5. The highest BCUT2D eigenvalue weighted by molar-refractivity contribution is 6.05. The van der Waals surface area contributed by atoms with Crippen molar-refractivity contribution in [2.24, 2.45) is 0 Å². The number of methoxy groups -OCH3 is 1. The lowest BCUT2D eigenvalue weighted by atomic mass is 10.1. The van der Waals surface area contributed by atoms with E-state index in [0.29, 0.717) is 18.0 Å². The molecule has 6 heteroatoms. The fourth-order valence-electron chi connectivity index (χ4n) is 3.29. The molecule has 0 aliphatic rings. The van der Waals surface area contributed by atoms with Gasteiger partial charge in [0.15, 0.2) is 0 Å². The Labute approximate surface area is 179 Å². The minimum Gasteiger partial charge on any atom is -0.497 e. The quantitative estimate of drug-likeness (QED) is 0.438. The normalized spacial score (nSPS) is 10.7. The molecule has 4 aromatic rings. The first-order valence-electron chi connectivity index (χ1n) is 9.86. The van der Waals surface area contributed by atoms with Crippen LogP contribution in [0.2, 0.25) is 0 Å². The van der Waals surface area contributed by atoms with Gasteiger partial charge in [-0.3, -0.25) is 4.79 Å². The molecular formula is C25H21FN2O3. The molecule has 0 radical (unpaired) electrons. The van der Waals surface area contributed by atoms with E-state index < -0.39 is 5.82 Å². The highest BCUT2D eigenvalue weighted by Gasteiger charge is 2.12. The average molecular weight is 416 g/mol. The lowest BCUT2D eigenvalue weighted by Crippen LogP contribution is -2.12. The van der Waals surface area contributed by atoms with Gasteiger partial charge in [0.2, 0.25) is 0 Å². The van der Waals surface area contributed by atoms with Crippen LogP contribution in [0.1, 0.15) is 17.3 Å². The number of anilines is 1. The Morgan fingerprint density at radius 3 is 2.55 bits per heavy atom. The summed E-state index contributed by atoms with van der Waals surface area (Å²) in [6.45, 7) is 2.40. The number of pyridine rings is 1. The maximum atomic E-state index is 13.4. The Bertz CT molecular complexity index is 1240. The smallest absolute Gasteiger partial charge is 0.255 e. The molecule has 0 saturated heterocycles. The second-order valence-corrected chi connectivity index (χ2v) is 6.86. The second-order valence-electron chi connectivity index (χ2n) is 6.86. The molecule has 0 unspecified atom stereocenters. The zero-order valence-corrected chi connectivity index (χ0v) is 17.2. The zero-order chi connectivity index (χ0) is 21.8. The lowest BCUT2D eigenvalue weighted by molar-refractivity contribution is 0.102. The van der Waals surface area contributed by atoms with Crippen molar-refractivity contribution in [3.63, 3.8) is 0 Å². The summed E-state index contributed by atoms with van der Waals surface area (Å²) >= 11 is 0. The molecule has 0 aliphatic carbocycles. The third kappa shape index (κ3) is 4.48. The number of ether oxygens (including phenoxy) is 2. The molecule has 1 N–H and O–H groups in total. The number of hydrogen-bond donors (Lipinski definition) is 1. The van der Waals surface area contributed by atoms with Gasteiger partial charge < -0.3 is 14.8 Å². The van der Waals surface area contributed by atoms with Crippen LogP contribution in [0.25, 0.3) is 22.2 Å². The molecule has 0 spiro atoms. The Hall–Kier alpha value is -3.93. The standard InChI is InChI=1S/C25H21FN2O3/c1-3-31-24-15-23(16-7-10-20(30-2)11-8-16)28-22-12-9-19(14-21(22)24)27-25(29)17-5-4-6-18(26)13-17/h4-15H,3H2,1-2H3,(H,27,29). The van der Waals surface area contributed by atoms with E-state index in [1.165, 1.54) is 18.2 Å². The van der Waals surface area contributed by atoms with Gasteiger partial charge in [-0.15, -0.1) is 0 Å². The molecule has 0 fully saturated rings. The Morgan fingerprint density at radius 1 is 1.03 bits per heavy atom. The Balaban J connectivity index is 1.69. The van der Waals surface area contributed by atoms with Gasteiger partial charge in [0.25, 0.3) is 5.91 Å². The number of rotatable bonds is 6. The topological polar surface area (TPSA) is 60.5 Å². The maximum absolute atomic E-state index is 13.4. The van der Waals surface area contributed by atoms with Crippen LogP contribution >= 0.6 is 0 Å². The Morgan fingerprint density at radius 2 is 1.84 bits per heavy atom. The second kappa shape index (κ2) is 8.83. The fraction of sp³-hybridized carbons (Fsp3) is 0.120. The van der Waals surface area contributed by atoms with Crippen LogP contribution < -0.4 is 14.8 Å². The van der Waals surface area contributed by atoms with Crippen molar-refractivity contribution in [2.45, 2.75) is 6.92 Å². The van der Waals surface area contributed by atoms with Crippen LogP contribution in [-0.2, 0) is 0 Å². The average Bonchev–Trinajstić information content (AvgIpc) is 2.79. The largest absolute Gasteiger partial charge is 0.497 e. The number of aromatic nitrogens is 1. The third-order valence-electron chi connectivity index (χ3n) is 4.80. The summed E-state index contributed by atoms with van der Waals surface area (Å²) in [5, 5.41) is 3.58. The maximum Gasteiger partial charge on any atom is 0.255 e. The molecule has 1 aromatic heterocycles. The molecule has 156 valence electrons. The van der Waals surface area contributed by atoms with E-state index >= 15 is 0 Å². The van der Waals surface area contributed by atoms with Crippen molar-refractivity contribution in [2.75, 3.05) is 19.0 Å². The molecule has 5 nitrogen and oxygen atoms in total. The molecule has 0 bridgehead atoms. The molecule has 1 heterocycles. The number of carbonyl (C=O) groups is 1. The van der Waals surface area contributed by atoms with Gasteiger partial charge in [-0.2, -0.15) is 0 Å². The van der Waals surface area contributed by atoms with Crippen LogP contribution in [0.3, 0.4) is 0 Å². The van der Waals surface area contributed by atoms with E-state index in [2.05, 4.69) is 5.32 Å². The predicted molar refractivity (Wildman–Crippen MR) is 119 cm³/mol. The number of hydrogen-bond acceptors (Lipinski definition) is 4. The summed E-state index contributed by atoms with van der Waals surface area (Å²) in [7, 11) is 1.63. The molecule has 4 rings (SSSR count). The van der Waals surface area contributed by atoms with Crippen LogP contribution in [-0.4, -0.2) is 24.6 Å². The fourth-order valence-corrected chi connectivity index (χ4v) is 3.29.